The summed E-state index contributed by atoms with van der Waals surface area (Å²) in [7, 11) is 3.14. The van der Waals surface area contributed by atoms with E-state index in [1.165, 1.54) is 6.21 Å². The average Bonchev–Trinajstić information content (AvgIpc) is 2.83. The van der Waals surface area contributed by atoms with E-state index in [1.54, 1.807) is 38.5 Å². The van der Waals surface area contributed by atoms with Crippen LogP contribution in [0.3, 0.4) is 0 Å². The standard InChI is InChI=1S/C24H22N2O5/c1-28-18-12-13-19(29-2)17(14-18)15-25-26-24(27)23-22(16-8-4-3-5-9-16)30-20-10-6-7-11-21(20)31-23/h3-15,22-23H,1-2H3,(H,26,27). The average molecular weight is 418 g/mol. The Labute approximate surface area is 180 Å². The first-order valence-corrected chi connectivity index (χ1v) is 9.72. The molecule has 0 aliphatic carbocycles. The molecule has 4 rings (SSSR count). The van der Waals surface area contributed by atoms with Gasteiger partial charge in [-0.2, -0.15) is 5.10 Å². The first-order chi connectivity index (χ1) is 15.2. The van der Waals surface area contributed by atoms with Crippen LogP contribution in [0.2, 0.25) is 0 Å². The molecule has 2 atom stereocenters. The molecule has 158 valence electrons. The van der Waals surface area contributed by atoms with E-state index in [0.717, 1.165) is 5.56 Å². The number of hydrogen-bond donors (Lipinski definition) is 1. The summed E-state index contributed by atoms with van der Waals surface area (Å²) in [4.78, 5) is 13.0. The van der Waals surface area contributed by atoms with Crippen LogP contribution in [0.15, 0.2) is 77.9 Å². The number of para-hydroxylation sites is 2. The molecule has 0 aromatic heterocycles. The zero-order valence-electron chi connectivity index (χ0n) is 17.1. The van der Waals surface area contributed by atoms with E-state index in [-0.39, 0.29) is 0 Å². The predicted molar refractivity (Wildman–Crippen MR) is 116 cm³/mol. The maximum absolute atomic E-state index is 13.0. The van der Waals surface area contributed by atoms with Crippen molar-refractivity contribution >= 4 is 12.1 Å². The number of methoxy groups -OCH3 is 2. The van der Waals surface area contributed by atoms with Gasteiger partial charge in [-0.3, -0.25) is 4.79 Å². The Hall–Kier alpha value is -4.00. The molecule has 1 heterocycles. The summed E-state index contributed by atoms with van der Waals surface area (Å²) >= 11 is 0. The van der Waals surface area contributed by atoms with Crippen LogP contribution >= 0.6 is 0 Å². The van der Waals surface area contributed by atoms with Gasteiger partial charge in [-0.25, -0.2) is 5.43 Å². The van der Waals surface area contributed by atoms with E-state index < -0.39 is 18.1 Å². The molecule has 3 aromatic rings. The summed E-state index contributed by atoms with van der Waals surface area (Å²) < 4.78 is 22.7. The number of fused-ring (bicyclic) bond motifs is 1. The lowest BCUT2D eigenvalue weighted by Gasteiger charge is -2.32. The number of rotatable bonds is 6. The van der Waals surface area contributed by atoms with Crippen LogP contribution in [0, 0.1) is 0 Å². The van der Waals surface area contributed by atoms with Crippen LogP contribution in [0.5, 0.6) is 23.0 Å². The number of benzene rings is 3. The zero-order valence-corrected chi connectivity index (χ0v) is 17.1. The zero-order chi connectivity index (χ0) is 21.6. The summed E-state index contributed by atoms with van der Waals surface area (Å²) in [6, 6.07) is 22.0. The highest BCUT2D eigenvalue weighted by Crippen LogP contribution is 2.39. The lowest BCUT2D eigenvalue weighted by atomic mass is 10.0. The number of carbonyl (C=O) groups is 1. The Morgan fingerprint density at radius 2 is 1.65 bits per heavy atom. The SMILES string of the molecule is COc1ccc(OC)c(C=NNC(=O)C2Oc3ccccc3OC2c2ccccc2)c1. The van der Waals surface area contributed by atoms with E-state index in [9.17, 15) is 4.79 Å². The minimum Gasteiger partial charge on any atom is -0.497 e. The third kappa shape index (κ3) is 4.45. The molecule has 1 amide bonds. The van der Waals surface area contributed by atoms with Crippen LogP contribution in [0.4, 0.5) is 0 Å². The second-order valence-corrected chi connectivity index (χ2v) is 6.78. The highest BCUT2D eigenvalue weighted by Gasteiger charge is 2.38. The Kier molecular flexibility index (Phi) is 6.03. The van der Waals surface area contributed by atoms with Crippen molar-refractivity contribution in [2.75, 3.05) is 14.2 Å². The minimum absolute atomic E-state index is 0.429. The summed E-state index contributed by atoms with van der Waals surface area (Å²) in [6.45, 7) is 0. The summed E-state index contributed by atoms with van der Waals surface area (Å²) in [5, 5.41) is 4.09. The molecular weight excluding hydrogens is 396 g/mol. The van der Waals surface area contributed by atoms with Gasteiger partial charge in [0.25, 0.3) is 5.91 Å². The van der Waals surface area contributed by atoms with Crippen molar-refractivity contribution < 1.29 is 23.7 Å². The fourth-order valence-corrected chi connectivity index (χ4v) is 3.29. The fraction of sp³-hybridized carbons (Fsp3) is 0.167. The van der Waals surface area contributed by atoms with E-state index in [0.29, 0.717) is 28.6 Å². The number of carbonyl (C=O) groups excluding carboxylic acids is 1. The Morgan fingerprint density at radius 1 is 0.935 bits per heavy atom. The molecular formula is C24H22N2O5. The molecule has 1 aliphatic heterocycles. The molecule has 0 bridgehead atoms. The first-order valence-electron chi connectivity index (χ1n) is 9.72. The van der Waals surface area contributed by atoms with Gasteiger partial charge in [-0.05, 0) is 35.9 Å². The second kappa shape index (κ2) is 9.21. The molecule has 0 saturated carbocycles. The van der Waals surface area contributed by atoms with Crippen molar-refractivity contribution in [1.82, 2.24) is 5.43 Å². The van der Waals surface area contributed by atoms with Gasteiger partial charge in [0.05, 0.1) is 20.4 Å². The highest BCUT2D eigenvalue weighted by atomic mass is 16.6. The lowest BCUT2D eigenvalue weighted by Crippen LogP contribution is -2.44. The van der Waals surface area contributed by atoms with Gasteiger partial charge < -0.3 is 18.9 Å². The largest absolute Gasteiger partial charge is 0.497 e. The number of hydrazone groups is 1. The van der Waals surface area contributed by atoms with E-state index >= 15 is 0 Å². The van der Waals surface area contributed by atoms with Crippen LogP contribution < -0.4 is 24.4 Å². The Bertz CT molecular complexity index is 1080. The lowest BCUT2D eigenvalue weighted by molar-refractivity contribution is -0.134. The van der Waals surface area contributed by atoms with Crippen molar-refractivity contribution in [1.29, 1.82) is 0 Å². The number of nitrogens with one attached hydrogen (secondary N) is 1. The fourth-order valence-electron chi connectivity index (χ4n) is 3.29. The van der Waals surface area contributed by atoms with Crippen molar-refractivity contribution in [3.63, 3.8) is 0 Å². The molecule has 2 unspecified atom stereocenters. The number of hydrogen-bond acceptors (Lipinski definition) is 6. The maximum Gasteiger partial charge on any atom is 0.285 e. The quantitative estimate of drug-likeness (QED) is 0.487. The summed E-state index contributed by atoms with van der Waals surface area (Å²) in [5.41, 5.74) is 4.04. The number of nitrogens with zero attached hydrogens (tertiary/aromatic N) is 1. The smallest absolute Gasteiger partial charge is 0.285 e. The monoisotopic (exact) mass is 418 g/mol. The molecule has 0 saturated heterocycles. The number of ether oxygens (including phenoxy) is 4. The normalized spacial score (nSPS) is 17.2. The first kappa shape index (κ1) is 20.3. The van der Waals surface area contributed by atoms with Crippen molar-refractivity contribution in [2.45, 2.75) is 12.2 Å². The van der Waals surface area contributed by atoms with E-state index in [1.807, 2.05) is 48.5 Å². The van der Waals surface area contributed by atoms with E-state index in [2.05, 4.69) is 10.5 Å². The van der Waals surface area contributed by atoms with Gasteiger partial charge in [-0.15, -0.1) is 0 Å². The highest BCUT2D eigenvalue weighted by molar-refractivity contribution is 5.87. The van der Waals surface area contributed by atoms with Crippen LogP contribution in [0.25, 0.3) is 0 Å². The number of amides is 1. The third-order valence-electron chi connectivity index (χ3n) is 4.83. The molecule has 7 heteroatoms. The van der Waals surface area contributed by atoms with Crippen LogP contribution in [-0.4, -0.2) is 32.4 Å². The molecule has 0 fully saturated rings. The predicted octanol–water partition coefficient (Wildman–Crippen LogP) is 3.74. The van der Waals surface area contributed by atoms with Crippen molar-refractivity contribution in [3.05, 3.63) is 83.9 Å². The van der Waals surface area contributed by atoms with Gasteiger partial charge in [0.2, 0.25) is 6.10 Å². The van der Waals surface area contributed by atoms with Crippen molar-refractivity contribution in [3.8, 4) is 23.0 Å². The molecule has 1 N–H and O–H groups in total. The molecule has 0 spiro atoms. The van der Waals surface area contributed by atoms with Crippen molar-refractivity contribution in [2.24, 2.45) is 5.10 Å². The molecule has 3 aromatic carbocycles. The molecule has 31 heavy (non-hydrogen) atoms. The van der Waals surface area contributed by atoms with Gasteiger partial charge in [0.15, 0.2) is 17.6 Å². The van der Waals surface area contributed by atoms with Crippen LogP contribution in [-0.2, 0) is 4.79 Å². The third-order valence-corrected chi connectivity index (χ3v) is 4.83. The molecule has 7 nitrogen and oxygen atoms in total. The second-order valence-electron chi connectivity index (χ2n) is 6.78. The Balaban J connectivity index is 1.55. The van der Waals surface area contributed by atoms with Crippen LogP contribution in [0.1, 0.15) is 17.2 Å². The van der Waals surface area contributed by atoms with Gasteiger partial charge in [0, 0.05) is 5.56 Å². The van der Waals surface area contributed by atoms with Gasteiger partial charge in [-0.1, -0.05) is 42.5 Å². The Morgan fingerprint density at radius 3 is 2.35 bits per heavy atom. The topological polar surface area (TPSA) is 78.4 Å². The van der Waals surface area contributed by atoms with Gasteiger partial charge >= 0.3 is 0 Å². The molecule has 1 aliphatic rings. The maximum atomic E-state index is 13.0. The molecule has 0 radical (unpaired) electrons. The van der Waals surface area contributed by atoms with E-state index in [4.69, 9.17) is 18.9 Å². The minimum atomic E-state index is -0.915. The summed E-state index contributed by atoms with van der Waals surface area (Å²) in [6.07, 6.45) is -0.0340. The van der Waals surface area contributed by atoms with Gasteiger partial charge in [0.1, 0.15) is 11.5 Å². The summed E-state index contributed by atoms with van der Waals surface area (Å²) in [5.74, 6) is 1.92.